The number of rotatable bonds is 6. The minimum atomic E-state index is -5.66. The molecule has 11 heteroatoms. The quantitative estimate of drug-likeness (QED) is 0.473. The highest BCUT2D eigenvalue weighted by Gasteiger charge is 2.53. The van der Waals surface area contributed by atoms with E-state index in [9.17, 15) is 34.8 Å². The number of halogens is 6. The molecule has 1 aliphatic rings. The topological polar surface area (TPSA) is 37.4 Å². The van der Waals surface area contributed by atoms with Gasteiger partial charge in [-0.05, 0) is 24.5 Å². The first-order valence-electron chi connectivity index (χ1n) is 7.75. The average Bonchev–Trinajstić information content (AvgIpc) is 2.82. The number of alkyl halides is 6. The van der Waals surface area contributed by atoms with Crippen LogP contribution >= 0.6 is 11.8 Å². The van der Waals surface area contributed by atoms with Gasteiger partial charge in [-0.25, -0.2) is 8.42 Å². The summed E-state index contributed by atoms with van der Waals surface area (Å²) in [6.45, 7) is 0.992. The second-order valence-corrected chi connectivity index (χ2v) is 9.01. The molecule has 0 saturated carbocycles. The van der Waals surface area contributed by atoms with E-state index in [1.54, 1.807) is 31.2 Å². The molecule has 1 aromatic carbocycles. The van der Waals surface area contributed by atoms with Gasteiger partial charge < -0.3 is 0 Å². The zero-order chi connectivity index (χ0) is 19.8. The van der Waals surface area contributed by atoms with Gasteiger partial charge in [0.1, 0.15) is 0 Å². The molecule has 0 aliphatic carbocycles. The number of benzene rings is 1. The van der Waals surface area contributed by atoms with Crippen LogP contribution in [0.2, 0.25) is 0 Å². The lowest BCUT2D eigenvalue weighted by Crippen LogP contribution is -2.46. The molecule has 148 valence electrons. The highest BCUT2D eigenvalue weighted by Crippen LogP contribution is 2.48. The standard InChI is InChI=1S/C15H17F6NO2S2/c1-10-11-6-2-3-7-12(11)25-13(10)22(26(23,24)15(19,20)21)9-5-4-8-14(16,17)18/h2-3,6-7,10,13H,4-5,8-9H2,1H3. The van der Waals surface area contributed by atoms with E-state index in [0.717, 1.165) is 17.3 Å². The monoisotopic (exact) mass is 421 g/mol. The van der Waals surface area contributed by atoms with Gasteiger partial charge in [-0.3, -0.25) is 0 Å². The maximum atomic E-state index is 13.1. The molecule has 0 amide bonds. The Hall–Kier alpha value is -0.940. The summed E-state index contributed by atoms with van der Waals surface area (Å²) in [7, 11) is -5.66. The third kappa shape index (κ3) is 4.66. The summed E-state index contributed by atoms with van der Waals surface area (Å²) in [5, 5.41) is -1.05. The van der Waals surface area contributed by atoms with Crippen LogP contribution in [-0.4, -0.2) is 36.3 Å². The predicted molar refractivity (Wildman–Crippen MR) is 86.1 cm³/mol. The molecular weight excluding hydrogens is 404 g/mol. The molecule has 0 fully saturated rings. The number of fused-ring (bicyclic) bond motifs is 1. The molecule has 2 unspecified atom stereocenters. The second-order valence-electron chi connectivity index (χ2n) is 5.97. The van der Waals surface area contributed by atoms with Crippen LogP contribution < -0.4 is 0 Å². The van der Waals surface area contributed by atoms with Gasteiger partial charge in [0, 0.05) is 23.8 Å². The number of sulfonamides is 1. The highest BCUT2D eigenvalue weighted by molar-refractivity contribution is 8.01. The molecule has 0 radical (unpaired) electrons. The Morgan fingerprint density at radius 2 is 1.69 bits per heavy atom. The van der Waals surface area contributed by atoms with Crippen LogP contribution in [-0.2, 0) is 10.0 Å². The van der Waals surface area contributed by atoms with Gasteiger partial charge in [0.15, 0.2) is 0 Å². The molecule has 3 nitrogen and oxygen atoms in total. The van der Waals surface area contributed by atoms with Gasteiger partial charge >= 0.3 is 21.7 Å². The van der Waals surface area contributed by atoms with E-state index in [4.69, 9.17) is 0 Å². The van der Waals surface area contributed by atoms with E-state index in [1.165, 1.54) is 0 Å². The lowest BCUT2D eigenvalue weighted by Gasteiger charge is -2.30. The zero-order valence-electron chi connectivity index (χ0n) is 13.6. The summed E-state index contributed by atoms with van der Waals surface area (Å²) >= 11 is 0.983. The number of nitrogens with zero attached hydrogens (tertiary/aromatic N) is 1. The molecule has 1 aliphatic heterocycles. The predicted octanol–water partition coefficient (Wildman–Crippen LogP) is 5.11. The first kappa shape index (κ1) is 21.4. The van der Waals surface area contributed by atoms with Crippen molar-refractivity contribution < 1.29 is 34.8 Å². The fourth-order valence-electron chi connectivity index (χ4n) is 2.77. The molecule has 1 aromatic rings. The van der Waals surface area contributed by atoms with Crippen molar-refractivity contribution in [2.24, 2.45) is 0 Å². The summed E-state index contributed by atoms with van der Waals surface area (Å²) in [4.78, 5) is 0.669. The minimum Gasteiger partial charge on any atom is -0.203 e. The van der Waals surface area contributed by atoms with Gasteiger partial charge in [0.2, 0.25) is 0 Å². The lowest BCUT2D eigenvalue weighted by molar-refractivity contribution is -0.135. The molecule has 26 heavy (non-hydrogen) atoms. The van der Waals surface area contributed by atoms with Gasteiger partial charge in [0.25, 0.3) is 0 Å². The smallest absolute Gasteiger partial charge is 0.203 e. The lowest BCUT2D eigenvalue weighted by atomic mass is 10.0. The Morgan fingerprint density at radius 3 is 2.23 bits per heavy atom. The number of thioether (sulfide) groups is 1. The number of unbranched alkanes of at least 4 members (excludes halogenated alkanes) is 1. The van der Waals surface area contributed by atoms with Crippen molar-refractivity contribution in [3.05, 3.63) is 29.8 Å². The van der Waals surface area contributed by atoms with Gasteiger partial charge in [-0.2, -0.15) is 30.6 Å². The fraction of sp³-hybridized carbons (Fsp3) is 0.600. The first-order valence-corrected chi connectivity index (χ1v) is 10.1. The van der Waals surface area contributed by atoms with Crippen LogP contribution in [0.25, 0.3) is 0 Å². The summed E-state index contributed by atoms with van der Waals surface area (Å²) in [5.41, 5.74) is -4.79. The zero-order valence-corrected chi connectivity index (χ0v) is 15.3. The van der Waals surface area contributed by atoms with Crippen LogP contribution in [0.4, 0.5) is 26.3 Å². The van der Waals surface area contributed by atoms with E-state index < -0.39 is 52.4 Å². The van der Waals surface area contributed by atoms with Crippen LogP contribution in [0.15, 0.2) is 29.2 Å². The average molecular weight is 421 g/mol. The molecule has 0 N–H and O–H groups in total. The van der Waals surface area contributed by atoms with E-state index >= 15 is 0 Å². The van der Waals surface area contributed by atoms with Crippen molar-refractivity contribution in [3.8, 4) is 0 Å². The molecule has 1 heterocycles. The van der Waals surface area contributed by atoms with Gasteiger partial charge in [-0.15, -0.1) is 11.8 Å². The molecule has 2 atom stereocenters. The van der Waals surface area contributed by atoms with Crippen LogP contribution in [0.3, 0.4) is 0 Å². The SMILES string of the molecule is CC1c2ccccc2SC1N(CCCCC(F)(F)F)S(=O)(=O)C(F)(F)F. The summed E-state index contributed by atoms with van der Waals surface area (Å²) in [6.07, 6.45) is -6.35. The van der Waals surface area contributed by atoms with E-state index in [2.05, 4.69) is 0 Å². The Bertz CT molecular complexity index is 732. The highest BCUT2D eigenvalue weighted by atomic mass is 32.2. The molecule has 0 spiro atoms. The number of hydrogen-bond acceptors (Lipinski definition) is 3. The van der Waals surface area contributed by atoms with E-state index in [-0.39, 0.29) is 6.42 Å². The number of hydrogen-bond donors (Lipinski definition) is 0. The van der Waals surface area contributed by atoms with Crippen molar-refractivity contribution >= 4 is 21.8 Å². The molecule has 2 rings (SSSR count). The summed E-state index contributed by atoms with van der Waals surface area (Å²) < 4.78 is 100. The third-order valence-electron chi connectivity index (χ3n) is 4.06. The summed E-state index contributed by atoms with van der Waals surface area (Å²) in [6, 6.07) is 6.77. The third-order valence-corrected chi connectivity index (χ3v) is 7.33. The van der Waals surface area contributed by atoms with Crippen molar-refractivity contribution in [2.75, 3.05) is 6.54 Å². The summed E-state index contributed by atoms with van der Waals surface area (Å²) in [5.74, 6) is -0.518. The van der Waals surface area contributed by atoms with Gasteiger partial charge in [0.05, 0.1) is 5.37 Å². The fourth-order valence-corrected chi connectivity index (χ4v) is 5.71. The Morgan fingerprint density at radius 1 is 1.08 bits per heavy atom. The van der Waals surface area contributed by atoms with Crippen molar-refractivity contribution in [1.29, 1.82) is 0 Å². The largest absolute Gasteiger partial charge is 0.511 e. The minimum absolute atomic E-state index is 0.304. The Balaban J connectivity index is 2.22. The van der Waals surface area contributed by atoms with E-state index in [1.807, 2.05) is 0 Å². The molecular formula is C15H17F6NO2S2. The normalized spacial score (nSPS) is 21.2. The van der Waals surface area contributed by atoms with Crippen molar-refractivity contribution in [2.45, 2.75) is 54.1 Å². The maximum absolute atomic E-state index is 13.1. The van der Waals surface area contributed by atoms with Gasteiger partial charge in [-0.1, -0.05) is 25.1 Å². The van der Waals surface area contributed by atoms with Crippen LogP contribution in [0.5, 0.6) is 0 Å². The first-order chi connectivity index (χ1) is 11.8. The van der Waals surface area contributed by atoms with Crippen LogP contribution in [0, 0.1) is 0 Å². The van der Waals surface area contributed by atoms with E-state index in [0.29, 0.717) is 9.20 Å². The second kappa shape index (κ2) is 7.59. The van der Waals surface area contributed by atoms with Crippen molar-refractivity contribution in [1.82, 2.24) is 4.31 Å². The Kier molecular flexibility index (Phi) is 6.23. The molecule has 0 bridgehead atoms. The van der Waals surface area contributed by atoms with Crippen LogP contribution in [0.1, 0.15) is 37.7 Å². The molecule has 0 aromatic heterocycles. The van der Waals surface area contributed by atoms with Crippen molar-refractivity contribution in [3.63, 3.8) is 0 Å². The Labute approximate surface area is 151 Å². The maximum Gasteiger partial charge on any atom is 0.511 e. The molecule has 0 saturated heterocycles.